The van der Waals surface area contributed by atoms with Crippen molar-refractivity contribution in [3.05, 3.63) is 0 Å². The fourth-order valence-corrected chi connectivity index (χ4v) is 2.31. The first-order chi connectivity index (χ1) is 8.31. The Morgan fingerprint density at radius 3 is 2.59 bits per heavy atom. The maximum atomic E-state index is 9.11. The summed E-state index contributed by atoms with van der Waals surface area (Å²) in [5.74, 6) is 0.957. The van der Waals surface area contributed by atoms with Gasteiger partial charge in [0, 0.05) is 19.1 Å². The molecule has 0 saturated heterocycles. The quantitative estimate of drug-likeness (QED) is 0.665. The van der Waals surface area contributed by atoms with E-state index < -0.39 is 0 Å². The maximum absolute atomic E-state index is 9.11. The normalized spacial score (nSPS) is 21.5. The predicted molar refractivity (Wildman–Crippen MR) is 69.6 cm³/mol. The average Bonchev–Trinajstić information content (AvgIpc) is 3.19. The van der Waals surface area contributed by atoms with Gasteiger partial charge in [0.2, 0.25) is 0 Å². The van der Waals surface area contributed by atoms with E-state index in [0.717, 1.165) is 18.9 Å². The topological polar surface area (TPSA) is 39.1 Å². The lowest BCUT2D eigenvalue weighted by Crippen LogP contribution is -2.35. The number of nitrogens with zero attached hydrogens (tertiary/aromatic N) is 2. The van der Waals surface area contributed by atoms with Crippen LogP contribution in [0.2, 0.25) is 0 Å². The molecule has 1 atom stereocenters. The highest BCUT2D eigenvalue weighted by molar-refractivity contribution is 4.96. The van der Waals surface area contributed by atoms with Gasteiger partial charge in [0.15, 0.2) is 0 Å². The number of hydrogen-bond acceptors (Lipinski definition) is 3. The van der Waals surface area contributed by atoms with Crippen molar-refractivity contribution in [2.24, 2.45) is 5.92 Å². The lowest BCUT2D eigenvalue weighted by atomic mass is 10.2. The molecule has 0 aromatic heterocycles. The Morgan fingerprint density at radius 1 is 1.29 bits per heavy atom. The Balaban J connectivity index is 1.66. The molecule has 0 radical (unpaired) electrons. The van der Waals surface area contributed by atoms with E-state index in [0.29, 0.717) is 6.04 Å². The van der Waals surface area contributed by atoms with Crippen molar-refractivity contribution < 1.29 is 0 Å². The van der Waals surface area contributed by atoms with Crippen LogP contribution in [0.25, 0.3) is 0 Å². The SMILES string of the molecule is CCCN(CCC(C#N)NC1CC1)CC1CC1. The van der Waals surface area contributed by atoms with Gasteiger partial charge in [-0.3, -0.25) is 5.32 Å². The van der Waals surface area contributed by atoms with Crippen LogP contribution in [0, 0.1) is 17.2 Å². The summed E-state index contributed by atoms with van der Waals surface area (Å²) in [7, 11) is 0. The zero-order valence-electron chi connectivity index (χ0n) is 11.0. The summed E-state index contributed by atoms with van der Waals surface area (Å²) in [5, 5.41) is 12.5. The summed E-state index contributed by atoms with van der Waals surface area (Å²) in [6, 6.07) is 3.11. The molecule has 0 spiro atoms. The maximum Gasteiger partial charge on any atom is 0.0967 e. The largest absolute Gasteiger partial charge is 0.303 e. The van der Waals surface area contributed by atoms with E-state index >= 15 is 0 Å². The van der Waals surface area contributed by atoms with Gasteiger partial charge in [0.25, 0.3) is 0 Å². The van der Waals surface area contributed by atoms with Crippen LogP contribution in [0.5, 0.6) is 0 Å². The molecule has 2 saturated carbocycles. The standard InChI is InChI=1S/C14H25N3/c1-2-8-17(11-12-3-4-12)9-7-14(10-15)16-13-5-6-13/h12-14,16H,2-9,11H2,1H3. The van der Waals surface area contributed by atoms with Crippen LogP contribution in [0.3, 0.4) is 0 Å². The van der Waals surface area contributed by atoms with Crippen LogP contribution >= 0.6 is 0 Å². The number of rotatable bonds is 9. The van der Waals surface area contributed by atoms with Crippen molar-refractivity contribution in [1.29, 1.82) is 5.26 Å². The molecule has 1 N–H and O–H groups in total. The minimum atomic E-state index is 0.0704. The van der Waals surface area contributed by atoms with E-state index in [1.807, 2.05) is 0 Å². The second-order valence-electron chi connectivity index (χ2n) is 5.66. The molecule has 1 unspecified atom stereocenters. The first-order valence-electron chi connectivity index (χ1n) is 7.19. The fraction of sp³-hybridized carbons (Fsp3) is 0.929. The van der Waals surface area contributed by atoms with Gasteiger partial charge in [-0.25, -0.2) is 0 Å². The Labute approximate surface area is 105 Å². The molecule has 2 rings (SSSR count). The van der Waals surface area contributed by atoms with E-state index in [-0.39, 0.29) is 6.04 Å². The number of hydrogen-bond donors (Lipinski definition) is 1. The average molecular weight is 235 g/mol. The van der Waals surface area contributed by atoms with E-state index in [2.05, 4.69) is 23.2 Å². The van der Waals surface area contributed by atoms with Crippen LogP contribution in [0.1, 0.15) is 45.4 Å². The van der Waals surface area contributed by atoms with Gasteiger partial charge in [-0.05, 0) is 51.0 Å². The second-order valence-corrected chi connectivity index (χ2v) is 5.66. The first-order valence-corrected chi connectivity index (χ1v) is 7.19. The number of nitriles is 1. The molecule has 96 valence electrons. The summed E-state index contributed by atoms with van der Waals surface area (Å²) >= 11 is 0. The van der Waals surface area contributed by atoms with Gasteiger partial charge in [0.1, 0.15) is 0 Å². The summed E-state index contributed by atoms with van der Waals surface area (Å²) in [5.41, 5.74) is 0. The van der Waals surface area contributed by atoms with Crippen LogP contribution in [0.4, 0.5) is 0 Å². The van der Waals surface area contributed by atoms with Crippen molar-refractivity contribution >= 4 is 0 Å². The van der Waals surface area contributed by atoms with Crippen molar-refractivity contribution in [1.82, 2.24) is 10.2 Å². The molecule has 0 heterocycles. The number of nitrogens with one attached hydrogen (secondary N) is 1. The van der Waals surface area contributed by atoms with Crippen molar-refractivity contribution in [2.45, 2.75) is 57.5 Å². The third-order valence-electron chi connectivity index (χ3n) is 3.66. The molecule has 3 heteroatoms. The van der Waals surface area contributed by atoms with Crippen LogP contribution in [0.15, 0.2) is 0 Å². The van der Waals surface area contributed by atoms with Crippen molar-refractivity contribution in [3.63, 3.8) is 0 Å². The van der Waals surface area contributed by atoms with Gasteiger partial charge in [0.05, 0.1) is 12.1 Å². The Hall–Kier alpha value is -0.590. The molecule has 2 fully saturated rings. The molecule has 2 aliphatic rings. The van der Waals surface area contributed by atoms with Gasteiger partial charge < -0.3 is 4.90 Å². The highest BCUT2D eigenvalue weighted by Gasteiger charge is 2.26. The molecule has 3 nitrogen and oxygen atoms in total. The summed E-state index contributed by atoms with van der Waals surface area (Å²) in [6.45, 7) is 5.78. The molecule has 0 aliphatic heterocycles. The van der Waals surface area contributed by atoms with Gasteiger partial charge >= 0.3 is 0 Å². The third kappa shape index (κ3) is 5.06. The lowest BCUT2D eigenvalue weighted by Gasteiger charge is -2.23. The Morgan fingerprint density at radius 2 is 2.06 bits per heavy atom. The van der Waals surface area contributed by atoms with Gasteiger partial charge in [-0.2, -0.15) is 5.26 Å². The van der Waals surface area contributed by atoms with E-state index in [4.69, 9.17) is 5.26 Å². The van der Waals surface area contributed by atoms with Crippen LogP contribution < -0.4 is 5.32 Å². The molecular formula is C14H25N3. The second kappa shape index (κ2) is 6.37. The molecular weight excluding hydrogens is 210 g/mol. The minimum absolute atomic E-state index is 0.0704. The fourth-order valence-electron chi connectivity index (χ4n) is 2.31. The van der Waals surface area contributed by atoms with Crippen LogP contribution in [-0.4, -0.2) is 36.6 Å². The zero-order chi connectivity index (χ0) is 12.1. The van der Waals surface area contributed by atoms with Gasteiger partial charge in [-0.1, -0.05) is 6.92 Å². The lowest BCUT2D eigenvalue weighted by molar-refractivity contribution is 0.253. The van der Waals surface area contributed by atoms with Gasteiger partial charge in [-0.15, -0.1) is 0 Å². The predicted octanol–water partition coefficient (Wildman–Crippen LogP) is 2.14. The molecule has 0 aromatic rings. The highest BCUT2D eigenvalue weighted by Crippen LogP contribution is 2.29. The zero-order valence-corrected chi connectivity index (χ0v) is 11.0. The smallest absolute Gasteiger partial charge is 0.0967 e. The van der Waals surface area contributed by atoms with Crippen molar-refractivity contribution in [2.75, 3.05) is 19.6 Å². The minimum Gasteiger partial charge on any atom is -0.303 e. The highest BCUT2D eigenvalue weighted by atomic mass is 15.1. The molecule has 0 amide bonds. The van der Waals surface area contributed by atoms with E-state index in [1.54, 1.807) is 0 Å². The monoisotopic (exact) mass is 235 g/mol. The first kappa shape index (κ1) is 12.9. The third-order valence-corrected chi connectivity index (χ3v) is 3.66. The molecule has 17 heavy (non-hydrogen) atoms. The van der Waals surface area contributed by atoms with E-state index in [1.165, 1.54) is 45.2 Å². The molecule has 2 aliphatic carbocycles. The van der Waals surface area contributed by atoms with Crippen LogP contribution in [-0.2, 0) is 0 Å². The Kier molecular flexibility index (Phi) is 4.82. The van der Waals surface area contributed by atoms with E-state index in [9.17, 15) is 0 Å². The molecule has 0 bridgehead atoms. The summed E-state index contributed by atoms with van der Waals surface area (Å²) in [6.07, 6.45) is 7.57. The summed E-state index contributed by atoms with van der Waals surface area (Å²) in [4.78, 5) is 2.55. The molecule has 0 aromatic carbocycles. The summed E-state index contributed by atoms with van der Waals surface area (Å²) < 4.78 is 0. The van der Waals surface area contributed by atoms with Crippen molar-refractivity contribution in [3.8, 4) is 6.07 Å². The Bertz CT molecular complexity index is 263.